The zero-order chi connectivity index (χ0) is 13.7. The lowest BCUT2D eigenvalue weighted by molar-refractivity contribution is 0.504. The van der Waals surface area contributed by atoms with Crippen molar-refractivity contribution >= 4 is 15.9 Å². The highest BCUT2D eigenvalue weighted by molar-refractivity contribution is 9.10. The van der Waals surface area contributed by atoms with Gasteiger partial charge in [0.05, 0.1) is 4.47 Å². The lowest BCUT2D eigenvalue weighted by atomic mass is 10.0. The molecule has 0 aliphatic carbocycles. The summed E-state index contributed by atoms with van der Waals surface area (Å²) in [5.74, 6) is -0.204. The fourth-order valence-corrected chi connectivity index (χ4v) is 2.44. The van der Waals surface area contributed by atoms with Crippen LogP contribution >= 0.6 is 15.9 Å². The van der Waals surface area contributed by atoms with Gasteiger partial charge in [0, 0.05) is 29.9 Å². The van der Waals surface area contributed by atoms with E-state index in [0.717, 1.165) is 12.2 Å². The topological polar surface area (TPSA) is 24.9 Å². The van der Waals surface area contributed by atoms with Gasteiger partial charge in [0.2, 0.25) is 0 Å². The Kier molecular flexibility index (Phi) is 5.05. The molecule has 1 heterocycles. The third-order valence-corrected chi connectivity index (χ3v) is 3.56. The smallest absolute Gasteiger partial charge is 0.142 e. The molecule has 1 aromatic carbocycles. The molecule has 0 aliphatic heterocycles. The van der Waals surface area contributed by atoms with E-state index in [9.17, 15) is 4.39 Å². The van der Waals surface area contributed by atoms with Crippen molar-refractivity contribution in [3.05, 3.63) is 64.1 Å². The molecular formula is C15H16BrFN2. The van der Waals surface area contributed by atoms with Gasteiger partial charge >= 0.3 is 0 Å². The van der Waals surface area contributed by atoms with E-state index in [2.05, 4.69) is 26.2 Å². The normalized spacial score (nSPS) is 12.4. The molecule has 1 N–H and O–H groups in total. The van der Waals surface area contributed by atoms with Crippen molar-refractivity contribution in [1.82, 2.24) is 10.3 Å². The second kappa shape index (κ2) is 6.78. The van der Waals surface area contributed by atoms with Gasteiger partial charge in [-0.1, -0.05) is 25.1 Å². The van der Waals surface area contributed by atoms with Gasteiger partial charge in [-0.05, 0) is 40.7 Å². The van der Waals surface area contributed by atoms with Crippen molar-refractivity contribution in [3.8, 4) is 0 Å². The Morgan fingerprint density at radius 1 is 1.26 bits per heavy atom. The Bertz CT molecular complexity index is 531. The molecular weight excluding hydrogens is 307 g/mol. The molecule has 0 bridgehead atoms. The predicted molar refractivity (Wildman–Crippen MR) is 78.5 cm³/mol. The highest BCUT2D eigenvalue weighted by Gasteiger charge is 2.17. The lowest BCUT2D eigenvalue weighted by Crippen LogP contribution is -2.24. The van der Waals surface area contributed by atoms with Gasteiger partial charge in [0.25, 0.3) is 0 Å². The standard InChI is InChI=1S/C15H16BrFN2/c1-2-18-14(10-11-6-3-4-9-19-11)12-7-5-8-13(16)15(12)17/h3-9,14,18H,2,10H2,1H3. The molecule has 1 atom stereocenters. The number of halogens is 2. The van der Waals surface area contributed by atoms with Gasteiger partial charge in [-0.2, -0.15) is 0 Å². The van der Waals surface area contributed by atoms with E-state index in [1.54, 1.807) is 12.3 Å². The fraction of sp³-hybridized carbons (Fsp3) is 0.267. The van der Waals surface area contributed by atoms with Crippen LogP contribution in [0.3, 0.4) is 0 Å². The largest absolute Gasteiger partial charge is 0.310 e. The number of pyridine rings is 1. The van der Waals surface area contributed by atoms with Gasteiger partial charge < -0.3 is 5.32 Å². The number of benzene rings is 1. The summed E-state index contributed by atoms with van der Waals surface area (Å²) in [5, 5.41) is 3.31. The SMILES string of the molecule is CCNC(Cc1ccccn1)c1cccc(Br)c1F. The molecule has 2 rings (SSSR count). The van der Waals surface area contributed by atoms with Crippen molar-refractivity contribution in [2.45, 2.75) is 19.4 Å². The molecule has 0 spiro atoms. The minimum Gasteiger partial charge on any atom is -0.310 e. The van der Waals surface area contributed by atoms with Gasteiger partial charge in [-0.3, -0.25) is 4.98 Å². The van der Waals surface area contributed by atoms with Gasteiger partial charge in [-0.25, -0.2) is 4.39 Å². The quantitative estimate of drug-likeness (QED) is 0.903. The van der Waals surface area contributed by atoms with Crippen LogP contribution in [-0.4, -0.2) is 11.5 Å². The molecule has 2 aromatic rings. The average molecular weight is 323 g/mol. The van der Waals surface area contributed by atoms with Crippen LogP contribution in [0.15, 0.2) is 47.1 Å². The third-order valence-electron chi connectivity index (χ3n) is 2.95. The van der Waals surface area contributed by atoms with Crippen LogP contribution < -0.4 is 5.32 Å². The van der Waals surface area contributed by atoms with Crippen LogP contribution in [-0.2, 0) is 6.42 Å². The summed E-state index contributed by atoms with van der Waals surface area (Å²) >= 11 is 3.23. The predicted octanol–water partition coefficient (Wildman–Crippen LogP) is 3.88. The summed E-state index contributed by atoms with van der Waals surface area (Å²) in [5.41, 5.74) is 1.62. The third kappa shape index (κ3) is 3.61. The van der Waals surface area contributed by atoms with Crippen LogP contribution in [0.2, 0.25) is 0 Å². The molecule has 1 unspecified atom stereocenters. The van der Waals surface area contributed by atoms with E-state index in [1.165, 1.54) is 0 Å². The highest BCUT2D eigenvalue weighted by Crippen LogP contribution is 2.25. The summed E-state index contributed by atoms with van der Waals surface area (Å²) in [7, 11) is 0. The number of hydrogen-bond donors (Lipinski definition) is 1. The second-order valence-electron chi connectivity index (χ2n) is 4.28. The number of aromatic nitrogens is 1. The van der Waals surface area contributed by atoms with E-state index in [0.29, 0.717) is 16.5 Å². The first kappa shape index (κ1) is 14.2. The van der Waals surface area contributed by atoms with Crippen LogP contribution in [0.4, 0.5) is 4.39 Å². The van der Waals surface area contributed by atoms with Crippen LogP contribution in [0.25, 0.3) is 0 Å². The fourth-order valence-electron chi connectivity index (χ4n) is 2.06. The van der Waals surface area contributed by atoms with Gasteiger partial charge in [0.1, 0.15) is 5.82 Å². The summed E-state index contributed by atoms with van der Waals surface area (Å²) < 4.78 is 14.7. The van der Waals surface area contributed by atoms with Crippen LogP contribution in [0, 0.1) is 5.82 Å². The molecule has 1 aromatic heterocycles. The Labute approximate surface area is 121 Å². The van der Waals surface area contributed by atoms with Crippen LogP contribution in [0.5, 0.6) is 0 Å². The maximum absolute atomic E-state index is 14.2. The maximum atomic E-state index is 14.2. The number of nitrogens with zero attached hydrogens (tertiary/aromatic N) is 1. The average Bonchev–Trinajstić information content (AvgIpc) is 2.43. The van der Waals surface area contributed by atoms with Crippen molar-refractivity contribution in [3.63, 3.8) is 0 Å². The minimum absolute atomic E-state index is 0.0719. The molecule has 0 saturated heterocycles. The summed E-state index contributed by atoms with van der Waals surface area (Å²) in [6, 6.07) is 11.1. The Balaban J connectivity index is 2.27. The number of likely N-dealkylation sites (N-methyl/N-ethyl adjacent to an activating group) is 1. The Morgan fingerprint density at radius 2 is 2.11 bits per heavy atom. The molecule has 19 heavy (non-hydrogen) atoms. The summed E-state index contributed by atoms with van der Waals surface area (Å²) in [6.07, 6.45) is 2.43. The molecule has 0 radical (unpaired) electrons. The molecule has 0 saturated carbocycles. The van der Waals surface area contributed by atoms with E-state index in [4.69, 9.17) is 0 Å². The van der Waals surface area contributed by atoms with E-state index in [-0.39, 0.29) is 11.9 Å². The highest BCUT2D eigenvalue weighted by atomic mass is 79.9. The van der Waals surface area contributed by atoms with Crippen molar-refractivity contribution in [2.24, 2.45) is 0 Å². The van der Waals surface area contributed by atoms with Crippen LogP contribution in [0.1, 0.15) is 24.2 Å². The van der Waals surface area contributed by atoms with Gasteiger partial charge in [-0.15, -0.1) is 0 Å². The zero-order valence-electron chi connectivity index (χ0n) is 10.7. The number of hydrogen-bond acceptors (Lipinski definition) is 2. The van der Waals surface area contributed by atoms with Crippen molar-refractivity contribution < 1.29 is 4.39 Å². The van der Waals surface area contributed by atoms with E-state index >= 15 is 0 Å². The second-order valence-corrected chi connectivity index (χ2v) is 5.13. The van der Waals surface area contributed by atoms with E-state index < -0.39 is 0 Å². The molecule has 0 amide bonds. The Morgan fingerprint density at radius 3 is 2.79 bits per heavy atom. The first-order valence-corrected chi connectivity index (χ1v) is 7.09. The molecule has 4 heteroatoms. The van der Waals surface area contributed by atoms with Crippen molar-refractivity contribution in [2.75, 3.05) is 6.54 Å². The minimum atomic E-state index is -0.204. The van der Waals surface area contributed by atoms with E-state index in [1.807, 2.05) is 37.3 Å². The molecule has 2 nitrogen and oxygen atoms in total. The molecule has 0 fully saturated rings. The van der Waals surface area contributed by atoms with Crippen molar-refractivity contribution in [1.29, 1.82) is 0 Å². The zero-order valence-corrected chi connectivity index (χ0v) is 12.3. The summed E-state index contributed by atoms with van der Waals surface area (Å²) in [4.78, 5) is 4.30. The first-order chi connectivity index (χ1) is 9.22. The summed E-state index contributed by atoms with van der Waals surface area (Å²) in [6.45, 7) is 2.80. The van der Waals surface area contributed by atoms with Gasteiger partial charge in [0.15, 0.2) is 0 Å². The molecule has 100 valence electrons. The first-order valence-electron chi connectivity index (χ1n) is 6.29. The molecule has 0 aliphatic rings. The number of rotatable bonds is 5. The maximum Gasteiger partial charge on any atom is 0.142 e. The monoisotopic (exact) mass is 322 g/mol. The lowest BCUT2D eigenvalue weighted by Gasteiger charge is -2.19. The number of nitrogens with one attached hydrogen (secondary N) is 1. The Hall–Kier alpha value is -1.26.